The Balaban J connectivity index is 2.09. The largest absolute Gasteiger partial charge is 0.387 e. The Kier molecular flexibility index (Phi) is 3.37. The van der Waals surface area contributed by atoms with Crippen LogP contribution in [0.1, 0.15) is 25.7 Å². The normalized spacial score (nSPS) is 38.1. The highest BCUT2D eigenvalue weighted by atomic mass is 32.2. The van der Waals surface area contributed by atoms with Crippen molar-refractivity contribution in [1.29, 1.82) is 0 Å². The van der Waals surface area contributed by atoms with Crippen LogP contribution in [0.15, 0.2) is 0 Å². The monoisotopic (exact) mass is 233 g/mol. The second kappa shape index (κ2) is 4.24. The van der Waals surface area contributed by atoms with Crippen molar-refractivity contribution in [1.82, 2.24) is 0 Å². The van der Waals surface area contributed by atoms with Gasteiger partial charge in [-0.25, -0.2) is 0 Å². The Morgan fingerprint density at radius 3 is 2.29 bits per heavy atom. The maximum atomic E-state index is 10.6. The van der Waals surface area contributed by atoms with Crippen LogP contribution in [0.3, 0.4) is 0 Å². The van der Waals surface area contributed by atoms with Gasteiger partial charge in [0.05, 0.1) is 5.60 Å². The van der Waals surface area contributed by atoms with E-state index in [2.05, 4.69) is 0 Å². The van der Waals surface area contributed by atoms with Crippen molar-refractivity contribution < 1.29 is 5.11 Å². The molecule has 0 spiro atoms. The third kappa shape index (κ3) is 1.94. The number of hydrogen-bond donors (Lipinski definition) is 2. The van der Waals surface area contributed by atoms with Gasteiger partial charge in [-0.3, -0.25) is 0 Å². The zero-order valence-electron chi connectivity index (χ0n) is 8.50. The minimum Gasteiger partial charge on any atom is -0.387 e. The molecule has 0 saturated carbocycles. The molecule has 0 aromatic rings. The van der Waals surface area contributed by atoms with E-state index in [0.717, 1.165) is 42.9 Å². The molecule has 0 aliphatic carbocycles. The molecule has 2 saturated heterocycles. The second-order valence-electron chi connectivity index (χ2n) is 4.46. The summed E-state index contributed by atoms with van der Waals surface area (Å²) in [6.45, 7) is 0. The molecule has 0 aromatic carbocycles. The average Bonchev–Trinajstić information content (AvgIpc) is 2.20. The van der Waals surface area contributed by atoms with Crippen LogP contribution >= 0.6 is 23.5 Å². The van der Waals surface area contributed by atoms with Crippen LogP contribution in [-0.4, -0.2) is 39.3 Å². The number of aliphatic hydroxyl groups is 1. The molecule has 0 amide bonds. The zero-order chi connectivity index (χ0) is 10.1. The van der Waals surface area contributed by atoms with Gasteiger partial charge in [-0.1, -0.05) is 0 Å². The Hall–Kier alpha value is 0.620. The van der Waals surface area contributed by atoms with E-state index in [4.69, 9.17) is 5.73 Å². The van der Waals surface area contributed by atoms with Crippen molar-refractivity contribution in [2.45, 2.75) is 36.8 Å². The van der Waals surface area contributed by atoms with Crippen molar-refractivity contribution in [3.05, 3.63) is 0 Å². The third-order valence-corrected chi connectivity index (χ3v) is 5.78. The molecule has 82 valence electrons. The average molecular weight is 233 g/mol. The molecule has 0 aromatic heterocycles. The van der Waals surface area contributed by atoms with Crippen LogP contribution < -0.4 is 5.73 Å². The SMILES string of the molecule is NC1(C2(O)CCCSC2)CCSCC1. The topological polar surface area (TPSA) is 46.2 Å². The Morgan fingerprint density at radius 1 is 1.00 bits per heavy atom. The summed E-state index contributed by atoms with van der Waals surface area (Å²) < 4.78 is 0. The van der Waals surface area contributed by atoms with Crippen molar-refractivity contribution in [2.75, 3.05) is 23.0 Å². The molecule has 1 unspecified atom stereocenters. The first kappa shape index (κ1) is 11.1. The molecule has 14 heavy (non-hydrogen) atoms. The van der Waals surface area contributed by atoms with E-state index in [1.54, 1.807) is 0 Å². The van der Waals surface area contributed by atoms with Gasteiger partial charge in [0.2, 0.25) is 0 Å². The summed E-state index contributed by atoms with van der Waals surface area (Å²) in [4.78, 5) is 0. The van der Waals surface area contributed by atoms with E-state index in [-0.39, 0.29) is 5.54 Å². The lowest BCUT2D eigenvalue weighted by Gasteiger charge is -2.48. The molecule has 0 bridgehead atoms. The van der Waals surface area contributed by atoms with Gasteiger partial charge in [0.25, 0.3) is 0 Å². The van der Waals surface area contributed by atoms with Gasteiger partial charge in [-0.15, -0.1) is 0 Å². The third-order valence-electron chi connectivity index (χ3n) is 3.53. The summed E-state index contributed by atoms with van der Waals surface area (Å²) in [5.41, 5.74) is 5.51. The predicted octanol–water partition coefficient (Wildman–Crippen LogP) is 1.47. The van der Waals surface area contributed by atoms with Gasteiger partial charge in [-0.05, 0) is 42.9 Å². The van der Waals surface area contributed by atoms with E-state index in [0.29, 0.717) is 0 Å². The van der Waals surface area contributed by atoms with Crippen LogP contribution in [0, 0.1) is 0 Å². The molecule has 2 aliphatic rings. The summed E-state index contributed by atoms with van der Waals surface area (Å²) in [6.07, 6.45) is 3.98. The van der Waals surface area contributed by atoms with Crippen molar-refractivity contribution in [2.24, 2.45) is 5.73 Å². The number of thioether (sulfide) groups is 2. The van der Waals surface area contributed by atoms with E-state index in [1.165, 1.54) is 5.75 Å². The molecule has 0 radical (unpaired) electrons. The highest BCUT2D eigenvalue weighted by molar-refractivity contribution is 7.99. The van der Waals surface area contributed by atoms with Crippen LogP contribution in [0.2, 0.25) is 0 Å². The number of hydrogen-bond acceptors (Lipinski definition) is 4. The minimum absolute atomic E-state index is 0.300. The standard InChI is InChI=1S/C10H19NOS2/c11-9(3-6-13-7-4-9)10(12)2-1-5-14-8-10/h12H,1-8,11H2. The lowest BCUT2D eigenvalue weighted by molar-refractivity contribution is -0.0289. The first-order valence-electron chi connectivity index (χ1n) is 5.33. The van der Waals surface area contributed by atoms with E-state index < -0.39 is 5.60 Å². The molecule has 3 N–H and O–H groups in total. The summed E-state index contributed by atoms with van der Waals surface area (Å²) in [7, 11) is 0. The predicted molar refractivity (Wildman–Crippen MR) is 65.0 cm³/mol. The van der Waals surface area contributed by atoms with Crippen molar-refractivity contribution >= 4 is 23.5 Å². The van der Waals surface area contributed by atoms with E-state index in [9.17, 15) is 5.11 Å². The number of nitrogens with two attached hydrogens (primary N) is 1. The molecule has 2 aliphatic heterocycles. The maximum Gasteiger partial charge on any atom is 0.0916 e. The van der Waals surface area contributed by atoms with Crippen molar-refractivity contribution in [3.63, 3.8) is 0 Å². The molecule has 2 nitrogen and oxygen atoms in total. The number of rotatable bonds is 1. The van der Waals surface area contributed by atoms with Crippen LogP contribution in [0.25, 0.3) is 0 Å². The van der Waals surface area contributed by atoms with Gasteiger partial charge in [0.1, 0.15) is 0 Å². The van der Waals surface area contributed by atoms with Gasteiger partial charge in [-0.2, -0.15) is 23.5 Å². The summed E-state index contributed by atoms with van der Waals surface area (Å²) >= 11 is 3.82. The molecule has 4 heteroatoms. The van der Waals surface area contributed by atoms with E-state index >= 15 is 0 Å². The fourth-order valence-corrected chi connectivity index (χ4v) is 4.86. The first-order chi connectivity index (χ1) is 6.66. The van der Waals surface area contributed by atoms with Gasteiger partial charge in [0, 0.05) is 11.3 Å². The highest BCUT2D eigenvalue weighted by Crippen LogP contribution is 2.41. The summed E-state index contributed by atoms with van der Waals surface area (Å²) in [6, 6.07) is 0. The summed E-state index contributed by atoms with van der Waals surface area (Å²) in [5.74, 6) is 4.26. The van der Waals surface area contributed by atoms with Gasteiger partial charge >= 0.3 is 0 Å². The smallest absolute Gasteiger partial charge is 0.0916 e. The van der Waals surface area contributed by atoms with Gasteiger partial charge < -0.3 is 10.8 Å². The van der Waals surface area contributed by atoms with Crippen LogP contribution in [0.5, 0.6) is 0 Å². The van der Waals surface area contributed by atoms with Gasteiger partial charge in [0.15, 0.2) is 0 Å². The van der Waals surface area contributed by atoms with Crippen LogP contribution in [-0.2, 0) is 0 Å². The second-order valence-corrected chi connectivity index (χ2v) is 6.79. The zero-order valence-corrected chi connectivity index (χ0v) is 10.1. The lowest BCUT2D eigenvalue weighted by Crippen LogP contribution is -2.64. The first-order valence-corrected chi connectivity index (χ1v) is 7.64. The fourth-order valence-electron chi connectivity index (χ4n) is 2.37. The fraction of sp³-hybridized carbons (Fsp3) is 1.00. The molecule has 1 atom stereocenters. The Labute approximate surface area is 94.4 Å². The Morgan fingerprint density at radius 2 is 1.71 bits per heavy atom. The van der Waals surface area contributed by atoms with Crippen molar-refractivity contribution in [3.8, 4) is 0 Å². The lowest BCUT2D eigenvalue weighted by atomic mass is 9.74. The molecule has 2 rings (SSSR count). The Bertz CT molecular complexity index is 176. The minimum atomic E-state index is -0.586. The summed E-state index contributed by atoms with van der Waals surface area (Å²) in [5, 5.41) is 10.6. The molecule has 2 heterocycles. The molecular weight excluding hydrogens is 214 g/mol. The molecule has 2 fully saturated rings. The highest BCUT2D eigenvalue weighted by Gasteiger charge is 2.48. The quantitative estimate of drug-likeness (QED) is 0.720. The van der Waals surface area contributed by atoms with Crippen LogP contribution in [0.4, 0.5) is 0 Å². The maximum absolute atomic E-state index is 10.6. The molecular formula is C10H19NOS2. The van der Waals surface area contributed by atoms with E-state index in [1.807, 2.05) is 23.5 Å².